The maximum Gasteiger partial charge on any atom is 0.0704 e. The van der Waals surface area contributed by atoms with Gasteiger partial charge in [-0.05, 0) is 30.5 Å². The molecule has 0 aliphatic carbocycles. The fraction of sp³-hybridized carbons (Fsp3) is 0.250. The predicted molar refractivity (Wildman–Crippen MR) is 60.8 cm³/mol. The van der Waals surface area contributed by atoms with Gasteiger partial charge in [-0.15, -0.1) is 11.6 Å². The van der Waals surface area contributed by atoms with Gasteiger partial charge < -0.3 is 0 Å². The summed E-state index contributed by atoms with van der Waals surface area (Å²) < 4.78 is 0. The Balaban J connectivity index is 2.32. The lowest BCUT2D eigenvalue weighted by molar-refractivity contribution is 0.930. The van der Waals surface area contributed by atoms with Gasteiger partial charge in [-0.2, -0.15) is 0 Å². The van der Waals surface area contributed by atoms with Crippen molar-refractivity contribution in [1.82, 2.24) is 4.98 Å². The summed E-state index contributed by atoms with van der Waals surface area (Å²) in [6.45, 7) is 0. The molecule has 0 saturated heterocycles. The number of halogens is 1. The van der Waals surface area contributed by atoms with E-state index in [1.165, 1.54) is 10.9 Å². The molecule has 0 unspecified atom stereocenters. The van der Waals surface area contributed by atoms with Crippen LogP contribution in [0.4, 0.5) is 0 Å². The van der Waals surface area contributed by atoms with E-state index in [2.05, 4.69) is 29.2 Å². The highest BCUT2D eigenvalue weighted by Crippen LogP contribution is 2.14. The number of hydrogen-bond donors (Lipinski definition) is 0. The van der Waals surface area contributed by atoms with Gasteiger partial charge in [0.25, 0.3) is 0 Å². The van der Waals surface area contributed by atoms with Crippen LogP contribution in [0.15, 0.2) is 36.5 Å². The predicted octanol–water partition coefficient (Wildman–Crippen LogP) is 3.41. The first kappa shape index (κ1) is 9.47. The smallest absolute Gasteiger partial charge is 0.0704 e. The van der Waals surface area contributed by atoms with Crippen LogP contribution >= 0.6 is 11.6 Å². The molecule has 2 aromatic rings. The van der Waals surface area contributed by atoms with Crippen LogP contribution in [0.5, 0.6) is 0 Å². The third-order valence-electron chi connectivity index (χ3n) is 2.27. The molecule has 72 valence electrons. The summed E-state index contributed by atoms with van der Waals surface area (Å²) >= 11 is 5.65. The standard InChI is InChI=1S/C12H12ClN/c13-7-1-3-10-5-6-11-4-2-8-14-12(11)9-10/h2,4-6,8-9H,1,3,7H2. The van der Waals surface area contributed by atoms with Crippen molar-refractivity contribution in [2.24, 2.45) is 0 Å². The van der Waals surface area contributed by atoms with Gasteiger partial charge in [-0.1, -0.05) is 18.2 Å². The van der Waals surface area contributed by atoms with Gasteiger partial charge >= 0.3 is 0 Å². The van der Waals surface area contributed by atoms with Crippen LogP contribution in [0.25, 0.3) is 10.9 Å². The van der Waals surface area contributed by atoms with E-state index >= 15 is 0 Å². The molecular weight excluding hydrogens is 194 g/mol. The lowest BCUT2D eigenvalue weighted by Gasteiger charge is -2.01. The average Bonchev–Trinajstić information content (AvgIpc) is 2.26. The molecule has 14 heavy (non-hydrogen) atoms. The Morgan fingerprint density at radius 1 is 1.21 bits per heavy atom. The Kier molecular flexibility index (Phi) is 3.00. The van der Waals surface area contributed by atoms with E-state index in [1.54, 1.807) is 0 Å². The summed E-state index contributed by atoms with van der Waals surface area (Å²) in [5, 5.41) is 1.20. The zero-order valence-corrected chi connectivity index (χ0v) is 8.67. The third kappa shape index (κ3) is 2.05. The van der Waals surface area contributed by atoms with Crippen LogP contribution in [0.1, 0.15) is 12.0 Å². The van der Waals surface area contributed by atoms with Crippen LogP contribution in [0.3, 0.4) is 0 Å². The van der Waals surface area contributed by atoms with E-state index in [0.717, 1.165) is 24.2 Å². The number of benzene rings is 1. The van der Waals surface area contributed by atoms with Crippen LogP contribution in [0, 0.1) is 0 Å². The number of aryl methyl sites for hydroxylation is 1. The fourth-order valence-corrected chi connectivity index (χ4v) is 1.67. The molecule has 1 heterocycles. The molecule has 2 rings (SSSR count). The minimum Gasteiger partial charge on any atom is -0.256 e. The molecule has 1 aromatic carbocycles. The first-order chi connectivity index (χ1) is 6.90. The van der Waals surface area contributed by atoms with E-state index in [4.69, 9.17) is 11.6 Å². The molecule has 2 heteroatoms. The van der Waals surface area contributed by atoms with Gasteiger partial charge in [-0.25, -0.2) is 0 Å². The maximum atomic E-state index is 5.65. The summed E-state index contributed by atoms with van der Waals surface area (Å²) in [4.78, 5) is 4.32. The molecule has 0 fully saturated rings. The minimum atomic E-state index is 0.722. The van der Waals surface area contributed by atoms with E-state index in [1.807, 2.05) is 12.3 Å². The second kappa shape index (κ2) is 4.43. The van der Waals surface area contributed by atoms with Gasteiger partial charge in [0.2, 0.25) is 0 Å². The normalized spacial score (nSPS) is 10.6. The largest absolute Gasteiger partial charge is 0.256 e. The van der Waals surface area contributed by atoms with Crippen LogP contribution in [-0.2, 0) is 6.42 Å². The lowest BCUT2D eigenvalue weighted by atomic mass is 10.1. The first-order valence-electron chi connectivity index (χ1n) is 4.80. The molecule has 0 radical (unpaired) electrons. The quantitative estimate of drug-likeness (QED) is 0.700. The Hall–Kier alpha value is -1.08. The molecular formula is C12H12ClN. The van der Waals surface area contributed by atoms with Gasteiger partial charge in [0, 0.05) is 17.5 Å². The Labute approximate surface area is 88.7 Å². The van der Waals surface area contributed by atoms with Crippen molar-refractivity contribution in [2.75, 3.05) is 5.88 Å². The number of fused-ring (bicyclic) bond motifs is 1. The summed E-state index contributed by atoms with van der Waals surface area (Å²) in [7, 11) is 0. The van der Waals surface area contributed by atoms with Gasteiger partial charge in [0.15, 0.2) is 0 Å². The summed E-state index contributed by atoms with van der Waals surface area (Å²) in [6.07, 6.45) is 3.89. The highest BCUT2D eigenvalue weighted by atomic mass is 35.5. The fourth-order valence-electron chi connectivity index (χ4n) is 1.54. The zero-order chi connectivity index (χ0) is 9.80. The highest BCUT2D eigenvalue weighted by Gasteiger charge is 1.96. The second-order valence-electron chi connectivity index (χ2n) is 3.32. The van der Waals surface area contributed by atoms with Crippen molar-refractivity contribution in [2.45, 2.75) is 12.8 Å². The molecule has 0 aliphatic rings. The molecule has 1 nitrogen and oxygen atoms in total. The SMILES string of the molecule is ClCCCc1ccc2cccnc2c1. The van der Waals surface area contributed by atoms with Crippen LogP contribution in [0.2, 0.25) is 0 Å². The van der Waals surface area contributed by atoms with Crippen molar-refractivity contribution >= 4 is 22.5 Å². The monoisotopic (exact) mass is 205 g/mol. The van der Waals surface area contributed by atoms with Crippen LogP contribution < -0.4 is 0 Å². The maximum absolute atomic E-state index is 5.65. The summed E-state index contributed by atoms with van der Waals surface area (Å²) in [5.74, 6) is 0.722. The van der Waals surface area contributed by atoms with E-state index < -0.39 is 0 Å². The number of nitrogens with zero attached hydrogens (tertiary/aromatic N) is 1. The Bertz CT molecular complexity index is 425. The highest BCUT2D eigenvalue weighted by molar-refractivity contribution is 6.17. The van der Waals surface area contributed by atoms with Gasteiger partial charge in [-0.3, -0.25) is 4.98 Å². The number of alkyl halides is 1. The molecule has 0 bridgehead atoms. The average molecular weight is 206 g/mol. The number of hydrogen-bond acceptors (Lipinski definition) is 1. The molecule has 0 aliphatic heterocycles. The number of rotatable bonds is 3. The molecule has 0 amide bonds. The molecule has 0 atom stereocenters. The topological polar surface area (TPSA) is 12.9 Å². The minimum absolute atomic E-state index is 0.722. The van der Waals surface area contributed by atoms with Gasteiger partial charge in [0.05, 0.1) is 5.52 Å². The zero-order valence-electron chi connectivity index (χ0n) is 7.91. The van der Waals surface area contributed by atoms with Crippen molar-refractivity contribution in [3.05, 3.63) is 42.1 Å². The van der Waals surface area contributed by atoms with E-state index in [9.17, 15) is 0 Å². The first-order valence-corrected chi connectivity index (χ1v) is 5.33. The van der Waals surface area contributed by atoms with Gasteiger partial charge in [0.1, 0.15) is 0 Å². The molecule has 0 spiro atoms. The molecule has 0 saturated carbocycles. The van der Waals surface area contributed by atoms with Crippen molar-refractivity contribution < 1.29 is 0 Å². The second-order valence-corrected chi connectivity index (χ2v) is 3.70. The van der Waals surface area contributed by atoms with E-state index in [0.29, 0.717) is 0 Å². The van der Waals surface area contributed by atoms with Crippen molar-refractivity contribution in [3.8, 4) is 0 Å². The molecule has 1 aromatic heterocycles. The van der Waals surface area contributed by atoms with Crippen molar-refractivity contribution in [1.29, 1.82) is 0 Å². The number of aromatic nitrogens is 1. The van der Waals surface area contributed by atoms with Crippen LogP contribution in [-0.4, -0.2) is 10.9 Å². The molecule has 0 N–H and O–H groups in total. The Morgan fingerprint density at radius 3 is 3.00 bits per heavy atom. The number of pyridine rings is 1. The Morgan fingerprint density at radius 2 is 2.14 bits per heavy atom. The van der Waals surface area contributed by atoms with E-state index in [-0.39, 0.29) is 0 Å². The summed E-state index contributed by atoms with van der Waals surface area (Å²) in [5.41, 5.74) is 2.39. The third-order valence-corrected chi connectivity index (χ3v) is 2.54. The summed E-state index contributed by atoms with van der Waals surface area (Å²) in [6, 6.07) is 10.4. The lowest BCUT2D eigenvalue weighted by Crippen LogP contribution is -1.87. The van der Waals surface area contributed by atoms with Crippen molar-refractivity contribution in [3.63, 3.8) is 0 Å².